The summed E-state index contributed by atoms with van der Waals surface area (Å²) in [7, 11) is 0. The van der Waals surface area contributed by atoms with Crippen LogP contribution in [0, 0.1) is 0 Å². The number of rotatable bonds is 3. The van der Waals surface area contributed by atoms with Crippen LogP contribution in [0.3, 0.4) is 0 Å². The van der Waals surface area contributed by atoms with Gasteiger partial charge in [-0.2, -0.15) is 0 Å². The lowest BCUT2D eigenvalue weighted by molar-refractivity contribution is -0.118. The van der Waals surface area contributed by atoms with Crippen LogP contribution in [-0.2, 0) is 4.79 Å². The van der Waals surface area contributed by atoms with Crippen molar-refractivity contribution in [2.45, 2.75) is 13.0 Å². The van der Waals surface area contributed by atoms with Crippen LogP contribution >= 0.6 is 22.9 Å². The highest BCUT2D eigenvalue weighted by Crippen LogP contribution is 2.31. The Bertz CT molecular complexity index is 762. The molecule has 3 N–H and O–H groups in total. The molecule has 3 rings (SSSR count). The molecule has 0 saturated carbocycles. The van der Waals surface area contributed by atoms with Crippen LogP contribution in [0.4, 0.5) is 16.2 Å². The van der Waals surface area contributed by atoms with Crippen LogP contribution in [0.25, 0.3) is 0 Å². The van der Waals surface area contributed by atoms with Gasteiger partial charge in [-0.25, -0.2) is 4.79 Å². The summed E-state index contributed by atoms with van der Waals surface area (Å²) in [5.41, 5.74) is 1.17. The summed E-state index contributed by atoms with van der Waals surface area (Å²) in [6.07, 6.45) is 0. The van der Waals surface area contributed by atoms with Crippen molar-refractivity contribution < 1.29 is 14.3 Å². The van der Waals surface area contributed by atoms with Crippen molar-refractivity contribution in [1.82, 2.24) is 5.32 Å². The number of nitrogens with one attached hydrogen (secondary N) is 3. The van der Waals surface area contributed by atoms with Gasteiger partial charge in [-0.05, 0) is 31.2 Å². The lowest BCUT2D eigenvalue weighted by Crippen LogP contribution is -2.31. The zero-order valence-electron chi connectivity index (χ0n) is 12.2. The van der Waals surface area contributed by atoms with E-state index in [-0.39, 0.29) is 24.6 Å². The number of urea groups is 1. The SMILES string of the molecule is CC(NC(=O)Nc1ccc2c(c1)OCC(=O)N2)c1ccc(Cl)s1. The third-order valence-corrected chi connectivity index (χ3v) is 4.65. The predicted molar refractivity (Wildman–Crippen MR) is 90.5 cm³/mol. The van der Waals surface area contributed by atoms with Crippen molar-refractivity contribution in [3.8, 4) is 5.75 Å². The number of hydrogen-bond donors (Lipinski definition) is 3. The summed E-state index contributed by atoms with van der Waals surface area (Å²) in [6.45, 7) is 1.85. The van der Waals surface area contributed by atoms with Crippen molar-refractivity contribution in [2.24, 2.45) is 0 Å². The van der Waals surface area contributed by atoms with E-state index < -0.39 is 0 Å². The van der Waals surface area contributed by atoms with Crippen molar-refractivity contribution in [2.75, 3.05) is 17.2 Å². The lowest BCUT2D eigenvalue weighted by atomic mass is 10.2. The molecular formula is C15H14ClN3O3S. The summed E-state index contributed by atoms with van der Waals surface area (Å²) in [6, 6.07) is 8.24. The van der Waals surface area contributed by atoms with Crippen LogP contribution in [0.2, 0.25) is 4.34 Å². The molecule has 23 heavy (non-hydrogen) atoms. The predicted octanol–water partition coefficient (Wildman–Crippen LogP) is 3.62. The monoisotopic (exact) mass is 351 g/mol. The molecule has 1 aromatic heterocycles. The summed E-state index contributed by atoms with van der Waals surface area (Å²) >= 11 is 7.32. The minimum absolute atomic E-state index is 0.0289. The fraction of sp³-hybridized carbons (Fsp3) is 0.200. The fourth-order valence-electron chi connectivity index (χ4n) is 2.15. The molecule has 2 heterocycles. The Labute approximate surface area is 141 Å². The van der Waals surface area contributed by atoms with E-state index in [4.69, 9.17) is 16.3 Å². The lowest BCUT2D eigenvalue weighted by Gasteiger charge is -2.19. The van der Waals surface area contributed by atoms with Gasteiger partial charge >= 0.3 is 6.03 Å². The molecule has 0 radical (unpaired) electrons. The summed E-state index contributed by atoms with van der Waals surface area (Å²) in [4.78, 5) is 24.3. The molecule has 0 bridgehead atoms. The van der Waals surface area contributed by atoms with E-state index in [1.807, 2.05) is 13.0 Å². The van der Waals surface area contributed by atoms with E-state index >= 15 is 0 Å². The van der Waals surface area contributed by atoms with Gasteiger partial charge in [-0.1, -0.05) is 11.6 Å². The molecule has 6 nitrogen and oxygen atoms in total. The molecule has 0 saturated heterocycles. The first-order valence-corrected chi connectivity index (χ1v) is 8.10. The van der Waals surface area contributed by atoms with Crippen LogP contribution < -0.4 is 20.7 Å². The molecule has 3 amide bonds. The first-order valence-electron chi connectivity index (χ1n) is 6.91. The fourth-order valence-corrected chi connectivity index (χ4v) is 3.21. The topological polar surface area (TPSA) is 79.5 Å². The molecule has 1 aromatic carbocycles. The van der Waals surface area contributed by atoms with E-state index in [0.717, 1.165) is 4.88 Å². The molecule has 1 atom stereocenters. The van der Waals surface area contributed by atoms with Crippen LogP contribution in [0.5, 0.6) is 5.75 Å². The quantitative estimate of drug-likeness (QED) is 0.790. The van der Waals surface area contributed by atoms with Crippen molar-refractivity contribution >= 4 is 46.3 Å². The molecule has 0 fully saturated rings. The van der Waals surface area contributed by atoms with Crippen LogP contribution in [0.15, 0.2) is 30.3 Å². The number of amides is 3. The third kappa shape index (κ3) is 3.75. The average Bonchev–Trinajstić information content (AvgIpc) is 2.94. The van der Waals surface area contributed by atoms with Gasteiger partial charge in [-0.15, -0.1) is 11.3 Å². The standard InChI is InChI=1S/C15H14ClN3O3S/c1-8(12-4-5-13(16)23-12)17-15(21)18-9-2-3-10-11(6-9)22-7-14(20)19-10/h2-6,8H,7H2,1H3,(H,19,20)(H2,17,18,21). The molecule has 8 heteroatoms. The molecule has 0 spiro atoms. The number of hydrogen-bond acceptors (Lipinski definition) is 4. The third-order valence-electron chi connectivity index (χ3n) is 3.24. The highest BCUT2D eigenvalue weighted by molar-refractivity contribution is 7.16. The first-order chi connectivity index (χ1) is 11.0. The van der Waals surface area contributed by atoms with Gasteiger partial charge in [-0.3, -0.25) is 4.79 Å². The van der Waals surface area contributed by atoms with Gasteiger partial charge in [0, 0.05) is 16.6 Å². The Balaban J connectivity index is 1.63. The van der Waals surface area contributed by atoms with Gasteiger partial charge in [0.15, 0.2) is 6.61 Å². The van der Waals surface area contributed by atoms with Gasteiger partial charge in [0.05, 0.1) is 16.1 Å². The second kappa shape index (κ2) is 6.47. The Morgan fingerprint density at radius 2 is 2.22 bits per heavy atom. The number of carbonyl (C=O) groups excluding carboxylic acids is 2. The van der Waals surface area contributed by atoms with Gasteiger partial charge in [0.1, 0.15) is 5.75 Å². The first kappa shape index (κ1) is 15.6. The normalized spacial score (nSPS) is 14.3. The summed E-state index contributed by atoms with van der Waals surface area (Å²) in [5, 5.41) is 8.27. The van der Waals surface area contributed by atoms with Crippen molar-refractivity contribution in [3.05, 3.63) is 39.5 Å². The molecule has 1 aliphatic rings. The second-order valence-electron chi connectivity index (χ2n) is 5.01. The number of fused-ring (bicyclic) bond motifs is 1. The van der Waals surface area contributed by atoms with Crippen molar-refractivity contribution in [1.29, 1.82) is 0 Å². The van der Waals surface area contributed by atoms with Crippen molar-refractivity contribution in [3.63, 3.8) is 0 Å². The maximum absolute atomic E-state index is 12.1. The Morgan fingerprint density at radius 1 is 1.39 bits per heavy atom. The molecule has 1 unspecified atom stereocenters. The van der Waals surface area contributed by atoms with Crippen LogP contribution in [-0.4, -0.2) is 18.5 Å². The van der Waals surface area contributed by atoms with Gasteiger partial charge in [0.25, 0.3) is 5.91 Å². The largest absolute Gasteiger partial charge is 0.482 e. The van der Waals surface area contributed by atoms with E-state index in [2.05, 4.69) is 16.0 Å². The van der Waals surface area contributed by atoms with E-state index in [0.29, 0.717) is 21.5 Å². The average molecular weight is 352 g/mol. The zero-order chi connectivity index (χ0) is 16.4. The minimum atomic E-state index is -0.332. The van der Waals surface area contributed by atoms with Crippen LogP contribution in [0.1, 0.15) is 17.8 Å². The second-order valence-corrected chi connectivity index (χ2v) is 6.76. The molecular weight excluding hydrogens is 338 g/mol. The Kier molecular flexibility index (Phi) is 4.40. The van der Waals surface area contributed by atoms with Gasteiger partial charge in [0.2, 0.25) is 0 Å². The number of ether oxygens (including phenoxy) is 1. The minimum Gasteiger partial charge on any atom is -0.482 e. The molecule has 120 valence electrons. The van der Waals surface area contributed by atoms with Gasteiger partial charge < -0.3 is 20.7 Å². The number of carbonyl (C=O) groups is 2. The number of anilines is 2. The molecule has 0 aliphatic carbocycles. The maximum Gasteiger partial charge on any atom is 0.319 e. The Hall–Kier alpha value is -2.25. The number of benzene rings is 1. The van der Waals surface area contributed by atoms with E-state index in [1.165, 1.54) is 11.3 Å². The van der Waals surface area contributed by atoms with E-state index in [9.17, 15) is 9.59 Å². The summed E-state index contributed by atoms with van der Waals surface area (Å²) < 4.78 is 6.00. The molecule has 1 aliphatic heterocycles. The number of thiophene rings is 1. The highest BCUT2D eigenvalue weighted by Gasteiger charge is 2.17. The number of halogens is 1. The smallest absolute Gasteiger partial charge is 0.319 e. The molecule has 2 aromatic rings. The van der Waals surface area contributed by atoms with E-state index in [1.54, 1.807) is 24.3 Å². The zero-order valence-corrected chi connectivity index (χ0v) is 13.8. The maximum atomic E-state index is 12.1. The Morgan fingerprint density at radius 3 is 2.96 bits per heavy atom. The highest BCUT2D eigenvalue weighted by atomic mass is 35.5. The summed E-state index contributed by atoms with van der Waals surface area (Å²) in [5.74, 6) is 0.333.